The van der Waals surface area contributed by atoms with Crippen molar-refractivity contribution in [3.8, 4) is 5.75 Å². The molecule has 0 bridgehead atoms. The lowest BCUT2D eigenvalue weighted by atomic mass is 10.0. The molecule has 1 N–H and O–H groups in total. The number of nitrogens with zero attached hydrogens (tertiary/aromatic N) is 1. The molecule has 7 heteroatoms. The summed E-state index contributed by atoms with van der Waals surface area (Å²) in [4.78, 5) is 38.2. The van der Waals surface area contributed by atoms with Gasteiger partial charge in [-0.25, -0.2) is 4.79 Å². The van der Waals surface area contributed by atoms with Gasteiger partial charge in [-0.05, 0) is 62.8 Å². The minimum absolute atomic E-state index is 0.0634. The molecule has 1 saturated carbocycles. The zero-order chi connectivity index (χ0) is 20.6. The Balaban J connectivity index is 1.42. The van der Waals surface area contributed by atoms with Crippen molar-refractivity contribution < 1.29 is 23.9 Å². The summed E-state index contributed by atoms with van der Waals surface area (Å²) >= 11 is 0. The topological polar surface area (TPSA) is 84.9 Å². The summed E-state index contributed by atoms with van der Waals surface area (Å²) in [6, 6.07) is 6.43. The predicted molar refractivity (Wildman–Crippen MR) is 108 cm³/mol. The lowest BCUT2D eigenvalue weighted by Gasteiger charge is -2.33. The van der Waals surface area contributed by atoms with Gasteiger partial charge < -0.3 is 19.7 Å². The maximum atomic E-state index is 12.5. The predicted octanol–water partition coefficient (Wildman–Crippen LogP) is 3.52. The van der Waals surface area contributed by atoms with Crippen LogP contribution in [-0.2, 0) is 9.53 Å². The third-order valence-electron chi connectivity index (χ3n) is 5.70. The second-order valence-corrected chi connectivity index (χ2v) is 7.79. The van der Waals surface area contributed by atoms with Crippen LogP contribution < -0.4 is 10.1 Å². The zero-order valence-electron chi connectivity index (χ0n) is 17.0. The van der Waals surface area contributed by atoms with E-state index in [1.165, 1.54) is 25.7 Å². The Morgan fingerprint density at radius 2 is 1.69 bits per heavy atom. The molecule has 3 rings (SSSR count). The van der Waals surface area contributed by atoms with Gasteiger partial charge in [0.25, 0.3) is 5.91 Å². The monoisotopic (exact) mass is 402 g/mol. The standard InChI is InChI=1S/C22H30N2O5/c1-2-28-22(27)29-19-9-7-17(8-10-19)21(26)23-18-11-13-24(14-12-18)20(25)15-16-5-3-4-6-16/h7-10,16,18H,2-6,11-15H2,1H3,(H,23,26). The van der Waals surface area contributed by atoms with E-state index in [1.807, 2.05) is 4.90 Å². The Morgan fingerprint density at radius 1 is 1.03 bits per heavy atom. The highest BCUT2D eigenvalue weighted by atomic mass is 16.7. The number of nitrogens with one attached hydrogen (secondary N) is 1. The van der Waals surface area contributed by atoms with Gasteiger partial charge >= 0.3 is 6.16 Å². The van der Waals surface area contributed by atoms with Crippen LogP contribution >= 0.6 is 0 Å². The maximum Gasteiger partial charge on any atom is 0.513 e. The van der Waals surface area contributed by atoms with E-state index in [0.29, 0.717) is 36.7 Å². The lowest BCUT2D eigenvalue weighted by molar-refractivity contribution is -0.133. The van der Waals surface area contributed by atoms with E-state index in [9.17, 15) is 14.4 Å². The third kappa shape index (κ3) is 6.21. The van der Waals surface area contributed by atoms with Gasteiger partial charge in [0, 0.05) is 31.1 Å². The summed E-state index contributed by atoms with van der Waals surface area (Å²) in [5.41, 5.74) is 0.501. The van der Waals surface area contributed by atoms with Crippen molar-refractivity contribution >= 4 is 18.0 Å². The molecule has 2 fully saturated rings. The fourth-order valence-corrected chi connectivity index (χ4v) is 4.05. The number of carbonyl (C=O) groups is 3. The van der Waals surface area contributed by atoms with Crippen LogP contribution in [0.4, 0.5) is 4.79 Å². The smallest absolute Gasteiger partial charge is 0.434 e. The summed E-state index contributed by atoms with van der Waals surface area (Å²) in [5, 5.41) is 3.04. The number of likely N-dealkylation sites (tertiary alicyclic amines) is 1. The highest BCUT2D eigenvalue weighted by Gasteiger charge is 2.26. The van der Waals surface area contributed by atoms with E-state index >= 15 is 0 Å². The van der Waals surface area contributed by atoms with Gasteiger partial charge in [0.05, 0.1) is 6.61 Å². The van der Waals surface area contributed by atoms with Gasteiger partial charge in [-0.15, -0.1) is 0 Å². The first-order valence-corrected chi connectivity index (χ1v) is 10.6. The van der Waals surface area contributed by atoms with E-state index in [0.717, 1.165) is 12.8 Å². The third-order valence-corrected chi connectivity index (χ3v) is 5.70. The Labute approximate surface area is 171 Å². The molecule has 0 atom stereocenters. The molecule has 0 aromatic heterocycles. The SMILES string of the molecule is CCOC(=O)Oc1ccc(C(=O)NC2CCN(C(=O)CC3CCCC3)CC2)cc1. The molecule has 2 amide bonds. The van der Waals surface area contributed by atoms with Crippen LogP contribution in [0, 0.1) is 5.92 Å². The first-order chi connectivity index (χ1) is 14.0. The number of amides is 2. The molecule has 1 aromatic carbocycles. The first-order valence-electron chi connectivity index (χ1n) is 10.6. The lowest BCUT2D eigenvalue weighted by Crippen LogP contribution is -2.46. The second-order valence-electron chi connectivity index (χ2n) is 7.79. The van der Waals surface area contributed by atoms with Gasteiger partial charge in [0.15, 0.2) is 0 Å². The summed E-state index contributed by atoms with van der Waals surface area (Å²) < 4.78 is 9.71. The molecular weight excluding hydrogens is 372 g/mol. The van der Waals surface area contributed by atoms with Crippen molar-refractivity contribution in [2.45, 2.75) is 57.9 Å². The molecular formula is C22H30N2O5. The van der Waals surface area contributed by atoms with Crippen molar-refractivity contribution in [1.82, 2.24) is 10.2 Å². The number of carbonyl (C=O) groups excluding carboxylic acids is 3. The Kier molecular flexibility index (Phi) is 7.49. The fraction of sp³-hybridized carbons (Fsp3) is 0.591. The summed E-state index contributed by atoms with van der Waals surface area (Å²) in [6.45, 7) is 3.33. The van der Waals surface area contributed by atoms with Crippen LogP contribution in [-0.4, -0.2) is 48.6 Å². The number of hydrogen-bond acceptors (Lipinski definition) is 5. The van der Waals surface area contributed by atoms with Crippen LogP contribution in [0.3, 0.4) is 0 Å². The Morgan fingerprint density at radius 3 is 2.31 bits per heavy atom. The molecule has 1 heterocycles. The Hall–Kier alpha value is -2.57. The van der Waals surface area contributed by atoms with Crippen molar-refractivity contribution in [2.75, 3.05) is 19.7 Å². The highest BCUT2D eigenvalue weighted by molar-refractivity contribution is 5.94. The molecule has 1 aromatic rings. The number of hydrogen-bond donors (Lipinski definition) is 1. The first kappa shape index (κ1) is 21.1. The van der Waals surface area contributed by atoms with E-state index in [1.54, 1.807) is 31.2 Å². The quantitative estimate of drug-likeness (QED) is 0.581. The molecule has 1 aliphatic heterocycles. The Bertz CT molecular complexity index is 704. The molecule has 1 aliphatic carbocycles. The number of benzene rings is 1. The average molecular weight is 402 g/mol. The van der Waals surface area contributed by atoms with Crippen LogP contribution in [0.25, 0.3) is 0 Å². The van der Waals surface area contributed by atoms with Crippen molar-refractivity contribution in [2.24, 2.45) is 5.92 Å². The molecule has 0 radical (unpaired) electrons. The molecule has 0 spiro atoms. The average Bonchev–Trinajstić information content (AvgIpc) is 3.22. The van der Waals surface area contributed by atoms with Crippen LogP contribution in [0.1, 0.15) is 62.2 Å². The molecule has 158 valence electrons. The molecule has 29 heavy (non-hydrogen) atoms. The van der Waals surface area contributed by atoms with Gasteiger partial charge in [-0.3, -0.25) is 9.59 Å². The van der Waals surface area contributed by atoms with Gasteiger partial charge in [0.1, 0.15) is 5.75 Å². The van der Waals surface area contributed by atoms with Gasteiger partial charge in [-0.2, -0.15) is 0 Å². The number of ether oxygens (including phenoxy) is 2. The summed E-state index contributed by atoms with van der Waals surface area (Å²) in [7, 11) is 0. The summed E-state index contributed by atoms with van der Waals surface area (Å²) in [5.74, 6) is 0.993. The fourth-order valence-electron chi connectivity index (χ4n) is 4.05. The van der Waals surface area contributed by atoms with Crippen molar-refractivity contribution in [3.63, 3.8) is 0 Å². The summed E-state index contributed by atoms with van der Waals surface area (Å²) in [6.07, 6.45) is 6.32. The zero-order valence-corrected chi connectivity index (χ0v) is 17.0. The normalized spacial score (nSPS) is 17.8. The van der Waals surface area contributed by atoms with E-state index in [4.69, 9.17) is 9.47 Å². The van der Waals surface area contributed by atoms with Crippen molar-refractivity contribution in [1.29, 1.82) is 0 Å². The van der Waals surface area contributed by atoms with Gasteiger partial charge in [-0.1, -0.05) is 12.8 Å². The molecule has 7 nitrogen and oxygen atoms in total. The van der Waals surface area contributed by atoms with Crippen LogP contribution in [0.5, 0.6) is 5.75 Å². The minimum Gasteiger partial charge on any atom is -0.434 e. The van der Waals surface area contributed by atoms with E-state index in [-0.39, 0.29) is 24.5 Å². The minimum atomic E-state index is -0.765. The van der Waals surface area contributed by atoms with Crippen molar-refractivity contribution in [3.05, 3.63) is 29.8 Å². The second kappa shape index (κ2) is 10.3. The molecule has 2 aliphatic rings. The van der Waals surface area contributed by atoms with E-state index in [2.05, 4.69) is 5.32 Å². The van der Waals surface area contributed by atoms with Crippen LogP contribution in [0.2, 0.25) is 0 Å². The number of piperidine rings is 1. The molecule has 0 unspecified atom stereocenters. The van der Waals surface area contributed by atoms with Gasteiger partial charge in [0.2, 0.25) is 5.91 Å². The molecule has 1 saturated heterocycles. The largest absolute Gasteiger partial charge is 0.513 e. The highest BCUT2D eigenvalue weighted by Crippen LogP contribution is 2.28. The number of rotatable bonds is 6. The maximum absolute atomic E-state index is 12.5. The van der Waals surface area contributed by atoms with Crippen LogP contribution in [0.15, 0.2) is 24.3 Å². The van der Waals surface area contributed by atoms with E-state index < -0.39 is 6.16 Å².